The van der Waals surface area contributed by atoms with E-state index in [-0.39, 0.29) is 76.4 Å². The molecule has 1 N–H and O–H groups in total. The molecule has 21 heavy (non-hydrogen) atoms. The number of hydrogen-bond acceptors (Lipinski definition) is 4. The summed E-state index contributed by atoms with van der Waals surface area (Å²) < 4.78 is 0. The van der Waals surface area contributed by atoms with E-state index in [9.17, 15) is 10.2 Å². The smallest absolute Gasteiger partial charge is 0.854 e. The number of aliphatic hydroxyl groups is 1. The molecule has 1 heterocycles. The van der Waals surface area contributed by atoms with Gasteiger partial charge in [-0.1, -0.05) is 11.6 Å². The Morgan fingerprint density at radius 3 is 2.62 bits per heavy atom. The largest absolute Gasteiger partial charge is 1.00 e. The number of rotatable bonds is 5. The van der Waals surface area contributed by atoms with Gasteiger partial charge in [-0.25, -0.2) is 0 Å². The average Bonchev–Trinajstić information content (AvgIpc) is 2.87. The number of hydrogen-bond donors (Lipinski definition) is 1. The number of halogens is 1. The molecule has 1 fully saturated rings. The van der Waals surface area contributed by atoms with Gasteiger partial charge in [-0.05, 0) is 42.0 Å². The maximum absolute atomic E-state index is 11.1. The molecule has 0 spiro atoms. The van der Waals surface area contributed by atoms with Gasteiger partial charge in [-0.15, -0.1) is 6.61 Å². The molecule has 0 bridgehead atoms. The molecular formula is C15H18ClKN2O2. The first kappa shape index (κ1) is 19.6. The van der Waals surface area contributed by atoms with Crippen LogP contribution >= 0.6 is 11.6 Å². The predicted molar refractivity (Wildman–Crippen MR) is 75.2 cm³/mol. The van der Waals surface area contributed by atoms with Crippen LogP contribution in [-0.4, -0.2) is 42.9 Å². The second-order valence-corrected chi connectivity index (χ2v) is 5.78. The van der Waals surface area contributed by atoms with Crippen LogP contribution in [0.4, 0.5) is 0 Å². The first-order valence-corrected chi connectivity index (χ1v) is 7.15. The topological polar surface area (TPSA) is 70.3 Å². The zero-order chi connectivity index (χ0) is 14.5. The van der Waals surface area contributed by atoms with Gasteiger partial charge in [0.05, 0.1) is 11.6 Å². The van der Waals surface area contributed by atoms with E-state index in [1.807, 2.05) is 12.1 Å². The normalized spacial score (nSPS) is 21.8. The summed E-state index contributed by atoms with van der Waals surface area (Å²) in [5, 5.41) is 29.8. The molecule has 6 heteroatoms. The predicted octanol–water partition coefficient (Wildman–Crippen LogP) is -2.34. The third-order valence-corrected chi connectivity index (χ3v) is 4.12. The number of aliphatic hydroxyl groups excluding tert-OH is 1. The molecule has 0 aromatic heterocycles. The summed E-state index contributed by atoms with van der Waals surface area (Å²) >= 11 is 5.98. The SMILES string of the molecule is N#Cc1cc(Cl)cc(CCN2CC(C[O-])C(CO)C2)c1.[K+]. The molecule has 1 aromatic carbocycles. The van der Waals surface area contributed by atoms with Gasteiger partial charge in [0.25, 0.3) is 0 Å². The zero-order valence-electron chi connectivity index (χ0n) is 12.3. The maximum atomic E-state index is 11.1. The summed E-state index contributed by atoms with van der Waals surface area (Å²) in [6, 6.07) is 7.46. The summed E-state index contributed by atoms with van der Waals surface area (Å²) in [6.45, 7) is 2.30. The maximum Gasteiger partial charge on any atom is 1.00 e. The van der Waals surface area contributed by atoms with Gasteiger partial charge >= 0.3 is 51.4 Å². The van der Waals surface area contributed by atoms with Crippen molar-refractivity contribution in [1.29, 1.82) is 5.26 Å². The first-order chi connectivity index (χ1) is 9.66. The fourth-order valence-electron chi connectivity index (χ4n) is 2.76. The van der Waals surface area contributed by atoms with Gasteiger partial charge in [0.2, 0.25) is 0 Å². The van der Waals surface area contributed by atoms with Crippen LogP contribution < -0.4 is 56.5 Å². The Kier molecular flexibility index (Phi) is 8.95. The van der Waals surface area contributed by atoms with E-state index < -0.39 is 0 Å². The van der Waals surface area contributed by atoms with E-state index in [0.717, 1.165) is 31.6 Å². The van der Waals surface area contributed by atoms with Crippen molar-refractivity contribution in [2.45, 2.75) is 6.42 Å². The molecule has 2 rings (SSSR count). The van der Waals surface area contributed by atoms with Crippen molar-refractivity contribution in [2.75, 3.05) is 32.8 Å². The quantitative estimate of drug-likeness (QED) is 0.614. The van der Waals surface area contributed by atoms with E-state index in [2.05, 4.69) is 11.0 Å². The van der Waals surface area contributed by atoms with Gasteiger partial charge in [-0.2, -0.15) is 5.26 Å². The van der Waals surface area contributed by atoms with Crippen molar-refractivity contribution in [3.8, 4) is 6.07 Å². The summed E-state index contributed by atoms with van der Waals surface area (Å²) in [5.41, 5.74) is 1.60. The summed E-state index contributed by atoms with van der Waals surface area (Å²) in [6.07, 6.45) is 0.791. The van der Waals surface area contributed by atoms with Crippen LogP contribution in [0.15, 0.2) is 18.2 Å². The molecule has 4 nitrogen and oxygen atoms in total. The van der Waals surface area contributed by atoms with Crippen molar-refractivity contribution < 1.29 is 61.6 Å². The molecule has 0 amide bonds. The summed E-state index contributed by atoms with van der Waals surface area (Å²) in [5.74, 6) is 0.149. The van der Waals surface area contributed by atoms with Gasteiger partial charge in [0.15, 0.2) is 0 Å². The third kappa shape index (κ3) is 5.58. The van der Waals surface area contributed by atoms with Crippen LogP contribution in [-0.2, 0) is 6.42 Å². The Bertz CT molecular complexity index is 495. The molecule has 108 valence electrons. The fourth-order valence-corrected chi connectivity index (χ4v) is 3.02. The van der Waals surface area contributed by atoms with Crippen LogP contribution in [0, 0.1) is 23.2 Å². The molecule has 0 radical (unpaired) electrons. The van der Waals surface area contributed by atoms with Crippen molar-refractivity contribution in [2.24, 2.45) is 11.8 Å². The molecular weight excluding hydrogens is 315 g/mol. The Balaban J connectivity index is 0.00000220. The van der Waals surface area contributed by atoms with E-state index >= 15 is 0 Å². The van der Waals surface area contributed by atoms with Crippen LogP contribution in [0.25, 0.3) is 0 Å². The molecule has 2 atom stereocenters. The first-order valence-electron chi connectivity index (χ1n) is 6.77. The monoisotopic (exact) mass is 332 g/mol. The molecule has 1 aliphatic rings. The Morgan fingerprint density at radius 2 is 2.05 bits per heavy atom. The molecule has 1 aromatic rings. The average molecular weight is 333 g/mol. The van der Waals surface area contributed by atoms with E-state index in [1.165, 1.54) is 0 Å². The molecule has 1 aliphatic heterocycles. The third-order valence-electron chi connectivity index (χ3n) is 3.90. The molecule has 1 saturated heterocycles. The van der Waals surface area contributed by atoms with Crippen LogP contribution in [0.5, 0.6) is 0 Å². The zero-order valence-corrected chi connectivity index (χ0v) is 16.1. The van der Waals surface area contributed by atoms with Gasteiger partial charge in [0, 0.05) is 31.3 Å². The molecule has 2 unspecified atom stereocenters. The van der Waals surface area contributed by atoms with Crippen LogP contribution in [0.3, 0.4) is 0 Å². The summed E-state index contributed by atoms with van der Waals surface area (Å²) in [4.78, 5) is 2.20. The molecule has 0 aliphatic carbocycles. The van der Waals surface area contributed by atoms with Crippen molar-refractivity contribution >= 4 is 11.6 Å². The van der Waals surface area contributed by atoms with E-state index in [4.69, 9.17) is 16.9 Å². The Labute approximate surface area is 173 Å². The van der Waals surface area contributed by atoms with Gasteiger partial charge in [0.1, 0.15) is 0 Å². The number of likely N-dealkylation sites (tertiary alicyclic amines) is 1. The van der Waals surface area contributed by atoms with Gasteiger partial charge < -0.3 is 15.1 Å². The van der Waals surface area contributed by atoms with E-state index in [1.54, 1.807) is 6.07 Å². The second kappa shape index (κ2) is 9.61. The Morgan fingerprint density at radius 1 is 1.33 bits per heavy atom. The van der Waals surface area contributed by atoms with Crippen molar-refractivity contribution in [1.82, 2.24) is 4.90 Å². The summed E-state index contributed by atoms with van der Waals surface area (Å²) in [7, 11) is 0. The van der Waals surface area contributed by atoms with E-state index in [0.29, 0.717) is 10.6 Å². The fraction of sp³-hybridized carbons (Fsp3) is 0.533. The number of nitrogens with zero attached hydrogens (tertiary/aromatic N) is 2. The molecule has 0 saturated carbocycles. The minimum Gasteiger partial charge on any atom is -0.854 e. The Hall–Kier alpha value is 0.516. The van der Waals surface area contributed by atoms with Crippen molar-refractivity contribution in [3.63, 3.8) is 0 Å². The standard InChI is InChI=1S/C15H18ClN2O2.K/c16-15-4-11(3-12(5-15)6-17)1-2-18-7-13(9-19)14(8-18)10-20;/h3-5,13-14,19H,1-2,7-10H2;/q-1;+1. The second-order valence-electron chi connectivity index (χ2n) is 5.34. The number of benzene rings is 1. The van der Waals surface area contributed by atoms with Crippen LogP contribution in [0.1, 0.15) is 11.1 Å². The van der Waals surface area contributed by atoms with Crippen molar-refractivity contribution in [3.05, 3.63) is 34.3 Å². The minimum absolute atomic E-state index is 0. The number of nitriles is 1. The van der Waals surface area contributed by atoms with Gasteiger partial charge in [-0.3, -0.25) is 0 Å². The van der Waals surface area contributed by atoms with Crippen LogP contribution in [0.2, 0.25) is 5.02 Å². The minimum atomic E-state index is -0.128.